The Balaban J connectivity index is 1.94. The third-order valence-electron chi connectivity index (χ3n) is 3.85. The minimum absolute atomic E-state index is 0.376. The first-order chi connectivity index (χ1) is 12.7. The molecular formula is C20H19NO5. The molecule has 1 aliphatic heterocycles. The molecule has 26 heavy (non-hydrogen) atoms. The van der Waals surface area contributed by atoms with Crippen LogP contribution in [0.1, 0.15) is 18.1 Å². The zero-order valence-corrected chi connectivity index (χ0v) is 14.8. The van der Waals surface area contributed by atoms with Crippen LogP contribution in [0.25, 0.3) is 6.08 Å². The number of benzene rings is 2. The van der Waals surface area contributed by atoms with Gasteiger partial charge in [0.15, 0.2) is 11.5 Å². The van der Waals surface area contributed by atoms with Gasteiger partial charge in [-0.2, -0.15) is 0 Å². The molecule has 0 saturated carbocycles. The third-order valence-corrected chi connectivity index (χ3v) is 3.85. The standard InChI is InChI=1S/C20H19NO5/c1-4-25-15-8-5-13(6-9-15)11-16-19(21-26-20(16)22)14-7-10-17(23-2)18(12-14)24-3/h5-12H,4H2,1-3H3. The minimum Gasteiger partial charge on any atom is -0.494 e. The summed E-state index contributed by atoms with van der Waals surface area (Å²) in [6.07, 6.45) is 1.74. The average molecular weight is 353 g/mol. The quantitative estimate of drug-likeness (QED) is 0.588. The molecule has 6 heteroatoms. The van der Waals surface area contributed by atoms with Crippen molar-refractivity contribution in [2.75, 3.05) is 20.8 Å². The first kappa shape index (κ1) is 17.5. The van der Waals surface area contributed by atoms with Crippen molar-refractivity contribution < 1.29 is 23.8 Å². The van der Waals surface area contributed by atoms with Gasteiger partial charge in [0.05, 0.1) is 26.4 Å². The number of ether oxygens (including phenoxy) is 3. The second-order valence-corrected chi connectivity index (χ2v) is 5.45. The SMILES string of the molecule is CCOc1ccc(C=C2C(=O)ON=C2c2ccc(OC)c(OC)c2)cc1. The van der Waals surface area contributed by atoms with Crippen molar-refractivity contribution in [3.63, 3.8) is 0 Å². The van der Waals surface area contributed by atoms with E-state index in [0.29, 0.717) is 35.0 Å². The van der Waals surface area contributed by atoms with Crippen LogP contribution in [-0.4, -0.2) is 32.5 Å². The van der Waals surface area contributed by atoms with Crippen molar-refractivity contribution >= 4 is 17.8 Å². The number of carbonyl (C=O) groups excluding carboxylic acids is 1. The molecule has 0 bridgehead atoms. The molecule has 0 N–H and O–H groups in total. The van der Waals surface area contributed by atoms with E-state index >= 15 is 0 Å². The van der Waals surface area contributed by atoms with Gasteiger partial charge in [-0.3, -0.25) is 0 Å². The van der Waals surface area contributed by atoms with Gasteiger partial charge in [-0.15, -0.1) is 0 Å². The number of nitrogens with zero attached hydrogens (tertiary/aromatic N) is 1. The largest absolute Gasteiger partial charge is 0.494 e. The maximum Gasteiger partial charge on any atom is 0.368 e. The summed E-state index contributed by atoms with van der Waals surface area (Å²) in [5, 5.41) is 3.92. The van der Waals surface area contributed by atoms with Crippen LogP contribution in [0, 0.1) is 0 Å². The molecule has 6 nitrogen and oxygen atoms in total. The normalized spacial score (nSPS) is 14.8. The maximum absolute atomic E-state index is 12.1. The zero-order valence-electron chi connectivity index (χ0n) is 14.8. The van der Waals surface area contributed by atoms with E-state index in [9.17, 15) is 4.79 Å². The molecule has 0 aromatic heterocycles. The third kappa shape index (κ3) is 3.54. The molecule has 0 aliphatic carbocycles. The fraction of sp³-hybridized carbons (Fsp3) is 0.200. The Kier molecular flexibility index (Phi) is 5.22. The van der Waals surface area contributed by atoms with E-state index in [2.05, 4.69) is 5.16 Å². The highest BCUT2D eigenvalue weighted by Crippen LogP contribution is 2.30. The van der Waals surface area contributed by atoms with E-state index in [1.165, 1.54) is 0 Å². The van der Waals surface area contributed by atoms with E-state index in [0.717, 1.165) is 11.3 Å². The molecule has 0 fully saturated rings. The molecular weight excluding hydrogens is 334 g/mol. The number of rotatable bonds is 6. The Bertz CT molecular complexity index is 868. The summed E-state index contributed by atoms with van der Waals surface area (Å²) < 4.78 is 16.0. The lowest BCUT2D eigenvalue weighted by atomic mass is 10.00. The molecule has 3 rings (SSSR count). The van der Waals surface area contributed by atoms with Gasteiger partial charge in [0.2, 0.25) is 0 Å². The van der Waals surface area contributed by atoms with Crippen molar-refractivity contribution in [3.05, 3.63) is 59.2 Å². The molecule has 0 unspecified atom stereocenters. The molecule has 2 aromatic carbocycles. The van der Waals surface area contributed by atoms with Crippen LogP contribution < -0.4 is 14.2 Å². The van der Waals surface area contributed by atoms with Gasteiger partial charge in [-0.1, -0.05) is 17.3 Å². The van der Waals surface area contributed by atoms with Crippen LogP contribution in [0.4, 0.5) is 0 Å². The lowest BCUT2D eigenvalue weighted by Gasteiger charge is -2.09. The number of hydrogen-bond donors (Lipinski definition) is 0. The number of oxime groups is 1. The van der Waals surface area contributed by atoms with E-state index in [-0.39, 0.29) is 0 Å². The minimum atomic E-state index is -0.497. The summed E-state index contributed by atoms with van der Waals surface area (Å²) in [5.74, 6) is 1.42. The summed E-state index contributed by atoms with van der Waals surface area (Å²) in [6.45, 7) is 2.53. The van der Waals surface area contributed by atoms with Crippen LogP contribution in [0.2, 0.25) is 0 Å². The second-order valence-electron chi connectivity index (χ2n) is 5.45. The van der Waals surface area contributed by atoms with Gasteiger partial charge >= 0.3 is 5.97 Å². The van der Waals surface area contributed by atoms with Gasteiger partial charge in [-0.25, -0.2) is 4.79 Å². The Morgan fingerprint density at radius 3 is 2.42 bits per heavy atom. The fourth-order valence-electron chi connectivity index (χ4n) is 2.59. The summed E-state index contributed by atoms with van der Waals surface area (Å²) >= 11 is 0. The van der Waals surface area contributed by atoms with E-state index in [1.807, 2.05) is 31.2 Å². The summed E-state index contributed by atoms with van der Waals surface area (Å²) in [7, 11) is 3.12. The van der Waals surface area contributed by atoms with Gasteiger partial charge in [0.25, 0.3) is 0 Å². The van der Waals surface area contributed by atoms with Crippen LogP contribution in [0.15, 0.2) is 53.2 Å². The van der Waals surface area contributed by atoms with Gasteiger partial charge in [0.1, 0.15) is 11.5 Å². The highest BCUT2D eigenvalue weighted by atomic mass is 16.7. The van der Waals surface area contributed by atoms with Crippen LogP contribution in [0.5, 0.6) is 17.2 Å². The van der Waals surface area contributed by atoms with Crippen molar-refractivity contribution in [1.82, 2.24) is 0 Å². The Labute approximate surface area is 151 Å². The van der Waals surface area contributed by atoms with Crippen molar-refractivity contribution in [2.45, 2.75) is 6.92 Å². The van der Waals surface area contributed by atoms with Crippen molar-refractivity contribution in [3.8, 4) is 17.2 Å². The van der Waals surface area contributed by atoms with E-state index < -0.39 is 5.97 Å². The molecule has 2 aromatic rings. The van der Waals surface area contributed by atoms with E-state index in [1.54, 1.807) is 38.5 Å². The lowest BCUT2D eigenvalue weighted by molar-refractivity contribution is -0.136. The zero-order chi connectivity index (χ0) is 18.5. The number of methoxy groups -OCH3 is 2. The first-order valence-electron chi connectivity index (χ1n) is 8.13. The van der Waals surface area contributed by atoms with E-state index in [4.69, 9.17) is 19.0 Å². The molecule has 0 atom stereocenters. The highest BCUT2D eigenvalue weighted by Gasteiger charge is 2.27. The first-order valence-corrected chi connectivity index (χ1v) is 8.13. The molecule has 134 valence electrons. The molecule has 0 amide bonds. The molecule has 0 radical (unpaired) electrons. The summed E-state index contributed by atoms with van der Waals surface area (Å²) in [4.78, 5) is 17.0. The molecule has 1 aliphatic rings. The monoisotopic (exact) mass is 353 g/mol. The van der Waals surface area contributed by atoms with Crippen LogP contribution in [0.3, 0.4) is 0 Å². The predicted octanol–water partition coefficient (Wildman–Crippen LogP) is 3.45. The average Bonchev–Trinajstić information content (AvgIpc) is 3.03. The van der Waals surface area contributed by atoms with Gasteiger partial charge in [0, 0.05) is 5.56 Å². The fourth-order valence-corrected chi connectivity index (χ4v) is 2.59. The maximum atomic E-state index is 12.1. The lowest BCUT2D eigenvalue weighted by Crippen LogP contribution is -2.07. The van der Waals surface area contributed by atoms with Gasteiger partial charge in [-0.05, 0) is 48.9 Å². The molecule has 1 heterocycles. The van der Waals surface area contributed by atoms with Crippen molar-refractivity contribution in [1.29, 1.82) is 0 Å². The number of carbonyl (C=O) groups is 1. The Morgan fingerprint density at radius 1 is 1.04 bits per heavy atom. The van der Waals surface area contributed by atoms with Gasteiger partial charge < -0.3 is 19.0 Å². The summed E-state index contributed by atoms with van der Waals surface area (Å²) in [6, 6.07) is 12.8. The Hall–Kier alpha value is -3.28. The molecule has 0 saturated heterocycles. The predicted molar refractivity (Wildman–Crippen MR) is 97.8 cm³/mol. The van der Waals surface area contributed by atoms with Crippen LogP contribution >= 0.6 is 0 Å². The topological polar surface area (TPSA) is 66.4 Å². The smallest absolute Gasteiger partial charge is 0.368 e. The number of hydrogen-bond acceptors (Lipinski definition) is 6. The Morgan fingerprint density at radius 2 is 1.77 bits per heavy atom. The van der Waals surface area contributed by atoms with Crippen LogP contribution in [-0.2, 0) is 9.63 Å². The highest BCUT2D eigenvalue weighted by molar-refractivity contribution is 6.31. The van der Waals surface area contributed by atoms with Crippen molar-refractivity contribution in [2.24, 2.45) is 5.16 Å². The molecule has 0 spiro atoms. The second kappa shape index (κ2) is 7.74. The summed E-state index contributed by atoms with van der Waals surface area (Å²) in [5.41, 5.74) is 2.37.